The normalized spacial score (nSPS) is 11.3. The summed E-state index contributed by atoms with van der Waals surface area (Å²) in [5, 5.41) is -0.487. The summed E-state index contributed by atoms with van der Waals surface area (Å²) >= 11 is 8.28. The molecule has 62 valence electrons. The van der Waals surface area contributed by atoms with Crippen LogP contribution < -0.4 is 0 Å². The van der Waals surface area contributed by atoms with Crippen LogP contribution >= 0.6 is 27.5 Å². The summed E-state index contributed by atoms with van der Waals surface area (Å²) in [7, 11) is 0. The van der Waals surface area contributed by atoms with E-state index in [9.17, 15) is 4.79 Å². The van der Waals surface area contributed by atoms with Crippen LogP contribution in [0.25, 0.3) is 6.08 Å². The van der Waals surface area contributed by atoms with Crippen LogP contribution in [-0.2, 0) is 4.79 Å². The first-order valence-corrected chi connectivity index (χ1v) is 4.49. The molecular weight excluding hydrogens is 239 g/mol. The molecule has 0 aliphatic heterocycles. The molecular formula is C9H6BrClO. The van der Waals surface area contributed by atoms with Gasteiger partial charge in [-0.05, 0) is 39.2 Å². The van der Waals surface area contributed by atoms with Gasteiger partial charge in [-0.15, -0.1) is 0 Å². The Balaban J connectivity index is 2.89. The number of hydrogen-bond donors (Lipinski definition) is 0. The van der Waals surface area contributed by atoms with E-state index in [1.807, 2.05) is 30.3 Å². The summed E-state index contributed by atoms with van der Waals surface area (Å²) < 4.78 is 0.371. The molecule has 0 aliphatic rings. The van der Waals surface area contributed by atoms with Crippen LogP contribution in [0.5, 0.6) is 0 Å². The first-order chi connectivity index (χ1) is 5.70. The van der Waals surface area contributed by atoms with Crippen molar-refractivity contribution >= 4 is 38.8 Å². The molecule has 0 radical (unpaired) electrons. The Morgan fingerprint density at radius 3 is 2.42 bits per heavy atom. The highest BCUT2D eigenvalue weighted by Crippen LogP contribution is 2.14. The Morgan fingerprint density at radius 1 is 1.33 bits per heavy atom. The molecule has 0 aromatic heterocycles. The van der Waals surface area contributed by atoms with Gasteiger partial charge >= 0.3 is 0 Å². The first-order valence-electron chi connectivity index (χ1n) is 3.32. The van der Waals surface area contributed by atoms with Crippen molar-refractivity contribution in [1.29, 1.82) is 0 Å². The Hall–Kier alpha value is -0.600. The molecule has 0 saturated carbocycles. The molecule has 0 bridgehead atoms. The van der Waals surface area contributed by atoms with Gasteiger partial charge < -0.3 is 0 Å². The highest BCUT2D eigenvalue weighted by atomic mass is 79.9. The molecule has 0 amide bonds. The lowest BCUT2D eigenvalue weighted by atomic mass is 10.2. The zero-order chi connectivity index (χ0) is 8.97. The largest absolute Gasteiger partial charge is 0.275 e. The van der Waals surface area contributed by atoms with Gasteiger partial charge in [-0.3, -0.25) is 4.79 Å². The number of allylic oxidation sites excluding steroid dienone is 1. The van der Waals surface area contributed by atoms with E-state index in [4.69, 9.17) is 11.6 Å². The van der Waals surface area contributed by atoms with E-state index in [1.165, 1.54) is 0 Å². The van der Waals surface area contributed by atoms with Crippen LogP contribution in [0.1, 0.15) is 5.56 Å². The Morgan fingerprint density at radius 2 is 1.92 bits per heavy atom. The lowest BCUT2D eigenvalue weighted by molar-refractivity contribution is -0.107. The molecule has 3 heteroatoms. The van der Waals surface area contributed by atoms with Gasteiger partial charge in [0.2, 0.25) is 0 Å². The van der Waals surface area contributed by atoms with Gasteiger partial charge in [0.25, 0.3) is 5.24 Å². The van der Waals surface area contributed by atoms with E-state index in [1.54, 1.807) is 6.08 Å². The number of carbonyl (C=O) groups is 1. The molecule has 0 atom stereocenters. The Bertz CT molecular complexity index is 306. The van der Waals surface area contributed by atoms with E-state index in [2.05, 4.69) is 15.9 Å². The molecule has 0 fully saturated rings. The van der Waals surface area contributed by atoms with Crippen molar-refractivity contribution in [3.8, 4) is 0 Å². The molecule has 1 aromatic rings. The Labute approximate surface area is 84.2 Å². The van der Waals surface area contributed by atoms with E-state index < -0.39 is 5.24 Å². The van der Waals surface area contributed by atoms with E-state index in [0.29, 0.717) is 4.48 Å². The zero-order valence-corrected chi connectivity index (χ0v) is 8.47. The maximum atomic E-state index is 10.6. The van der Waals surface area contributed by atoms with Crippen LogP contribution in [0.4, 0.5) is 0 Å². The smallest absolute Gasteiger partial charge is 0.259 e. The third-order valence-corrected chi connectivity index (χ3v) is 2.30. The van der Waals surface area contributed by atoms with Crippen LogP contribution in [0, 0.1) is 0 Å². The topological polar surface area (TPSA) is 17.1 Å². The number of benzene rings is 1. The third-order valence-electron chi connectivity index (χ3n) is 1.28. The second-order valence-electron chi connectivity index (χ2n) is 2.18. The monoisotopic (exact) mass is 244 g/mol. The lowest BCUT2D eigenvalue weighted by Crippen LogP contribution is -1.83. The highest BCUT2D eigenvalue weighted by Gasteiger charge is 1.99. The summed E-state index contributed by atoms with van der Waals surface area (Å²) in [5.41, 5.74) is 0.943. The lowest BCUT2D eigenvalue weighted by Gasteiger charge is -1.92. The molecule has 0 N–H and O–H groups in total. The van der Waals surface area contributed by atoms with E-state index >= 15 is 0 Å². The predicted molar refractivity (Wildman–Crippen MR) is 54.2 cm³/mol. The van der Waals surface area contributed by atoms with Crippen molar-refractivity contribution < 1.29 is 4.79 Å². The van der Waals surface area contributed by atoms with Gasteiger partial charge in [0.15, 0.2) is 0 Å². The average molecular weight is 246 g/mol. The van der Waals surface area contributed by atoms with Gasteiger partial charge in [0, 0.05) is 0 Å². The molecule has 0 unspecified atom stereocenters. The summed E-state index contributed by atoms with van der Waals surface area (Å²) in [6, 6.07) is 9.48. The second kappa shape index (κ2) is 4.43. The van der Waals surface area contributed by atoms with Crippen LogP contribution in [0.15, 0.2) is 34.8 Å². The standard InChI is InChI=1S/C9H6BrClO/c10-8(9(11)12)6-7-4-2-1-3-5-7/h1-6H/b8-6-. The van der Waals surface area contributed by atoms with Gasteiger partial charge in [0.1, 0.15) is 0 Å². The zero-order valence-electron chi connectivity index (χ0n) is 6.13. The molecule has 1 nitrogen and oxygen atoms in total. The molecule has 0 saturated heterocycles. The summed E-state index contributed by atoms with van der Waals surface area (Å²) in [6.07, 6.45) is 1.68. The van der Waals surface area contributed by atoms with Crippen LogP contribution in [-0.4, -0.2) is 5.24 Å². The van der Waals surface area contributed by atoms with Gasteiger partial charge in [0.05, 0.1) is 4.48 Å². The summed E-state index contributed by atoms with van der Waals surface area (Å²) in [6.45, 7) is 0. The van der Waals surface area contributed by atoms with Crippen molar-refractivity contribution in [1.82, 2.24) is 0 Å². The minimum Gasteiger partial charge on any atom is -0.275 e. The molecule has 1 aromatic carbocycles. The second-order valence-corrected chi connectivity index (χ2v) is 3.37. The minimum atomic E-state index is -0.487. The van der Waals surface area contributed by atoms with Gasteiger partial charge in [-0.25, -0.2) is 0 Å². The van der Waals surface area contributed by atoms with Crippen LogP contribution in [0.3, 0.4) is 0 Å². The first kappa shape index (κ1) is 9.49. The van der Waals surface area contributed by atoms with Gasteiger partial charge in [-0.1, -0.05) is 30.3 Å². The average Bonchev–Trinajstić information content (AvgIpc) is 2.06. The minimum absolute atomic E-state index is 0.371. The number of carbonyl (C=O) groups excluding carboxylic acids is 1. The fourth-order valence-electron chi connectivity index (χ4n) is 0.752. The van der Waals surface area contributed by atoms with Crippen molar-refractivity contribution in [2.75, 3.05) is 0 Å². The maximum absolute atomic E-state index is 10.6. The fourth-order valence-corrected chi connectivity index (χ4v) is 1.07. The molecule has 12 heavy (non-hydrogen) atoms. The van der Waals surface area contributed by atoms with Crippen molar-refractivity contribution in [3.63, 3.8) is 0 Å². The fraction of sp³-hybridized carbons (Fsp3) is 0. The number of hydrogen-bond acceptors (Lipinski definition) is 1. The summed E-state index contributed by atoms with van der Waals surface area (Å²) in [4.78, 5) is 10.6. The maximum Gasteiger partial charge on any atom is 0.259 e. The van der Waals surface area contributed by atoms with Crippen molar-refractivity contribution in [2.45, 2.75) is 0 Å². The third kappa shape index (κ3) is 2.80. The highest BCUT2D eigenvalue weighted by molar-refractivity contribution is 9.12. The summed E-state index contributed by atoms with van der Waals surface area (Å²) in [5.74, 6) is 0. The van der Waals surface area contributed by atoms with Crippen molar-refractivity contribution in [3.05, 3.63) is 40.4 Å². The van der Waals surface area contributed by atoms with E-state index in [0.717, 1.165) is 5.56 Å². The Kier molecular flexibility index (Phi) is 3.50. The van der Waals surface area contributed by atoms with Crippen LogP contribution in [0.2, 0.25) is 0 Å². The number of halogens is 2. The quantitative estimate of drug-likeness (QED) is 0.578. The molecule has 0 spiro atoms. The SMILES string of the molecule is O=C(Cl)/C(Br)=C/c1ccccc1. The molecule has 0 heterocycles. The molecule has 1 rings (SSSR count). The number of rotatable bonds is 2. The molecule has 0 aliphatic carbocycles. The predicted octanol–water partition coefficient (Wildman–Crippen LogP) is 3.19. The van der Waals surface area contributed by atoms with Crippen molar-refractivity contribution in [2.24, 2.45) is 0 Å². The van der Waals surface area contributed by atoms with E-state index in [-0.39, 0.29) is 0 Å². The van der Waals surface area contributed by atoms with Gasteiger partial charge in [-0.2, -0.15) is 0 Å².